The first-order chi connectivity index (χ1) is 27.3. The molecule has 9 aliphatic rings. The number of nitrogens with one attached hydrogen (secondary N) is 1. The molecule has 6 fully saturated rings. The van der Waals surface area contributed by atoms with Gasteiger partial charge in [0, 0.05) is 39.6 Å². The lowest BCUT2D eigenvalue weighted by atomic mass is 9.32. The van der Waals surface area contributed by atoms with E-state index in [1.165, 1.54) is 12.1 Å². The van der Waals surface area contributed by atoms with Crippen molar-refractivity contribution in [3.8, 4) is 5.75 Å². The van der Waals surface area contributed by atoms with E-state index in [-0.39, 0.29) is 40.8 Å². The van der Waals surface area contributed by atoms with Crippen molar-refractivity contribution in [3.05, 3.63) is 83.5 Å². The van der Waals surface area contributed by atoms with Gasteiger partial charge in [0.1, 0.15) is 5.75 Å². The molecule has 312 valence electrons. The molecular formula is C48H59F3N2O5. The lowest BCUT2D eigenvalue weighted by Gasteiger charge is -2.71. The SMILES string of the molecule is COc1ccc(NC(=O)N(CC2CCC3CC2C3(C)C)CC2(O)CCC3C45C=CC6(C=C4C(=O)c4cccc(C(F)(F)F)c4)CC(O)CCC6(C)C5CCC32C)cc1. The average Bonchev–Trinajstić information content (AvgIpc) is 3.46. The number of hydrogen-bond acceptors (Lipinski definition) is 5. The zero-order valence-electron chi connectivity index (χ0n) is 34.5. The van der Waals surface area contributed by atoms with Gasteiger partial charge >= 0.3 is 12.2 Å². The average molecular weight is 801 g/mol. The molecule has 0 aliphatic heterocycles. The highest BCUT2D eigenvalue weighted by molar-refractivity contribution is 6.10. The van der Waals surface area contributed by atoms with E-state index in [0.717, 1.165) is 37.8 Å². The number of nitrogens with zero attached hydrogens (tertiary/aromatic N) is 1. The van der Waals surface area contributed by atoms with E-state index in [1.807, 2.05) is 35.2 Å². The Morgan fingerprint density at radius 2 is 1.62 bits per heavy atom. The predicted molar refractivity (Wildman–Crippen MR) is 216 cm³/mol. The molecule has 9 aliphatic carbocycles. The number of urea groups is 1. The lowest BCUT2D eigenvalue weighted by molar-refractivity contribution is -0.176. The summed E-state index contributed by atoms with van der Waals surface area (Å²) >= 11 is 0. The molecule has 0 heterocycles. The number of anilines is 1. The Hall–Kier alpha value is -3.63. The van der Waals surface area contributed by atoms with Crippen LogP contribution < -0.4 is 10.1 Å². The van der Waals surface area contributed by atoms with Gasteiger partial charge in [-0.3, -0.25) is 4.79 Å². The summed E-state index contributed by atoms with van der Waals surface area (Å²) in [5.41, 5.74) is -3.28. The molecule has 6 saturated carbocycles. The molecule has 10 heteroatoms. The number of carbonyl (C=O) groups excluding carboxylic acids is 2. The lowest BCUT2D eigenvalue weighted by Crippen LogP contribution is -2.67. The highest BCUT2D eigenvalue weighted by atomic mass is 19.4. The molecular weight excluding hydrogens is 742 g/mol. The molecule has 3 N–H and O–H groups in total. The van der Waals surface area contributed by atoms with Crippen LogP contribution in [0, 0.1) is 56.7 Å². The third-order valence-corrected chi connectivity index (χ3v) is 17.9. The van der Waals surface area contributed by atoms with Crippen LogP contribution in [0.25, 0.3) is 0 Å². The number of alkyl halides is 3. The first kappa shape index (κ1) is 39.8. The van der Waals surface area contributed by atoms with Gasteiger partial charge in [0.25, 0.3) is 0 Å². The molecule has 2 aromatic rings. The highest BCUT2D eigenvalue weighted by Crippen LogP contribution is 2.78. The number of hydrogen-bond donors (Lipinski definition) is 3. The number of aliphatic hydroxyl groups excluding tert-OH is 1. The minimum absolute atomic E-state index is 0.000152. The van der Waals surface area contributed by atoms with Gasteiger partial charge in [0.15, 0.2) is 5.78 Å². The van der Waals surface area contributed by atoms with E-state index < -0.39 is 45.5 Å². The first-order valence-electron chi connectivity index (χ1n) is 21.6. The maximum absolute atomic E-state index is 15.0. The standard InChI is InChI=1S/C48H59F3N2O5/c1-42(2)31-10-9-30(36(42)24-31)27-53(41(56)52-33-11-13-35(58-5)14-12-33)28-46(57)20-17-39-44(46,4)19-16-38-43(3)18-15-34(54)25-45(43)21-22-47(38,39)37(26-45)40(55)29-7-6-8-32(23-29)48(49,50)51/h6-8,11-14,21-23,26,30-31,34,36,38-39,54,57H,9-10,15-20,24-25,27-28H2,1-5H3,(H,52,56). The normalized spacial score (nSPS) is 40.3. The van der Waals surface area contributed by atoms with Crippen molar-refractivity contribution in [2.24, 2.45) is 56.7 Å². The van der Waals surface area contributed by atoms with Gasteiger partial charge < -0.3 is 25.2 Å². The molecule has 4 bridgehead atoms. The first-order valence-corrected chi connectivity index (χ1v) is 21.6. The van der Waals surface area contributed by atoms with E-state index in [9.17, 15) is 33.0 Å². The summed E-state index contributed by atoms with van der Waals surface area (Å²) < 4.78 is 47.4. The van der Waals surface area contributed by atoms with Gasteiger partial charge in [0.2, 0.25) is 0 Å². The van der Waals surface area contributed by atoms with E-state index in [0.29, 0.717) is 79.8 Å². The van der Waals surface area contributed by atoms with Crippen LogP contribution >= 0.6 is 0 Å². The quantitative estimate of drug-likeness (QED) is 0.182. The van der Waals surface area contributed by atoms with Crippen molar-refractivity contribution in [2.45, 2.75) is 110 Å². The molecule has 11 unspecified atom stereocenters. The Labute approximate surface area is 340 Å². The third-order valence-electron chi connectivity index (χ3n) is 17.9. The fourth-order valence-corrected chi connectivity index (χ4v) is 14.5. The number of Topliss-reactive ketones (excluding diaryl/α,β-unsaturated/α-hetero) is 1. The molecule has 7 nitrogen and oxygen atoms in total. The summed E-state index contributed by atoms with van der Waals surface area (Å²) in [7, 11) is 1.60. The molecule has 0 saturated heterocycles. The van der Waals surface area contributed by atoms with Gasteiger partial charge in [-0.25, -0.2) is 4.79 Å². The molecule has 0 aromatic heterocycles. The Morgan fingerprint density at radius 1 is 0.914 bits per heavy atom. The summed E-state index contributed by atoms with van der Waals surface area (Å²) in [4.78, 5) is 31.3. The fraction of sp³-hybridized carbons (Fsp3) is 0.625. The van der Waals surface area contributed by atoms with Crippen molar-refractivity contribution >= 4 is 17.5 Å². The van der Waals surface area contributed by atoms with Gasteiger partial charge in [-0.15, -0.1) is 0 Å². The number of amides is 2. The minimum Gasteiger partial charge on any atom is -0.497 e. The number of carbonyl (C=O) groups is 2. The number of benzene rings is 2. The van der Waals surface area contributed by atoms with Crippen molar-refractivity contribution in [1.29, 1.82) is 0 Å². The van der Waals surface area contributed by atoms with Gasteiger partial charge in [-0.1, -0.05) is 58.1 Å². The number of ketones is 1. The second kappa shape index (κ2) is 13.2. The monoisotopic (exact) mass is 800 g/mol. The van der Waals surface area contributed by atoms with Gasteiger partial charge in [0.05, 0.1) is 30.9 Å². The highest BCUT2D eigenvalue weighted by Gasteiger charge is 2.74. The summed E-state index contributed by atoms with van der Waals surface area (Å²) in [5, 5.41) is 27.5. The molecule has 2 aromatic carbocycles. The van der Waals surface area contributed by atoms with E-state index in [2.05, 4.69) is 45.2 Å². The largest absolute Gasteiger partial charge is 0.497 e. The van der Waals surface area contributed by atoms with Crippen LogP contribution in [0.15, 0.2) is 72.3 Å². The number of aliphatic hydroxyl groups is 2. The number of halogens is 3. The zero-order chi connectivity index (χ0) is 41.3. The molecule has 2 spiro atoms. The van der Waals surface area contributed by atoms with E-state index >= 15 is 0 Å². The second-order valence-electron chi connectivity index (χ2n) is 20.5. The molecule has 11 rings (SSSR count). The van der Waals surface area contributed by atoms with Crippen LogP contribution in [-0.4, -0.2) is 58.8 Å². The van der Waals surface area contributed by atoms with Crippen molar-refractivity contribution in [1.82, 2.24) is 4.90 Å². The predicted octanol–water partition coefficient (Wildman–Crippen LogP) is 10.1. The maximum atomic E-state index is 15.0. The second-order valence-corrected chi connectivity index (χ2v) is 20.5. The van der Waals surface area contributed by atoms with E-state index in [1.54, 1.807) is 7.11 Å². The molecule has 58 heavy (non-hydrogen) atoms. The number of fused-ring (bicyclic) bond motifs is 3. The molecule has 0 radical (unpaired) electrons. The number of ether oxygens (including phenoxy) is 1. The van der Waals surface area contributed by atoms with Crippen LogP contribution in [0.4, 0.5) is 23.7 Å². The van der Waals surface area contributed by atoms with Crippen molar-refractivity contribution in [3.63, 3.8) is 0 Å². The molecule has 11 atom stereocenters. The Balaban J connectivity index is 1.09. The van der Waals surface area contributed by atoms with Crippen molar-refractivity contribution in [2.75, 3.05) is 25.5 Å². The summed E-state index contributed by atoms with van der Waals surface area (Å²) in [6.07, 6.45) is 8.87. The third kappa shape index (κ3) is 5.58. The van der Waals surface area contributed by atoms with Gasteiger partial charge in [-0.05, 0) is 141 Å². The van der Waals surface area contributed by atoms with Crippen LogP contribution in [0.3, 0.4) is 0 Å². The summed E-state index contributed by atoms with van der Waals surface area (Å²) in [6.45, 7) is 9.79. The van der Waals surface area contributed by atoms with Crippen LogP contribution in [-0.2, 0) is 6.18 Å². The number of allylic oxidation sites excluding steroid dienone is 4. The Kier molecular flexibility index (Phi) is 9.05. The summed E-state index contributed by atoms with van der Waals surface area (Å²) in [6, 6.07) is 11.7. The van der Waals surface area contributed by atoms with Crippen LogP contribution in [0.2, 0.25) is 0 Å². The minimum atomic E-state index is -4.60. The van der Waals surface area contributed by atoms with Gasteiger partial charge in [-0.2, -0.15) is 13.2 Å². The smallest absolute Gasteiger partial charge is 0.416 e. The van der Waals surface area contributed by atoms with Crippen LogP contribution in [0.5, 0.6) is 5.75 Å². The fourth-order valence-electron chi connectivity index (χ4n) is 14.5. The molecule has 2 amide bonds. The Bertz CT molecular complexity index is 2060. The van der Waals surface area contributed by atoms with Crippen molar-refractivity contribution < 1.29 is 37.7 Å². The van der Waals surface area contributed by atoms with Crippen LogP contribution in [0.1, 0.15) is 108 Å². The number of rotatable bonds is 8. The van der Waals surface area contributed by atoms with E-state index in [4.69, 9.17) is 4.74 Å². The zero-order valence-corrected chi connectivity index (χ0v) is 34.5. The maximum Gasteiger partial charge on any atom is 0.416 e. The topological polar surface area (TPSA) is 99.1 Å². The Morgan fingerprint density at radius 3 is 2.31 bits per heavy atom. The number of methoxy groups -OCH3 is 1. The summed E-state index contributed by atoms with van der Waals surface area (Å²) in [5.74, 6) is 1.55.